The van der Waals surface area contributed by atoms with Crippen molar-refractivity contribution >= 4 is 15.9 Å². The molecule has 0 unspecified atom stereocenters. The molecule has 1 aromatic heterocycles. The zero-order valence-corrected chi connectivity index (χ0v) is 13.9. The molecule has 0 atom stereocenters. The highest BCUT2D eigenvalue weighted by Crippen LogP contribution is 2.22. The van der Waals surface area contributed by atoms with Crippen LogP contribution in [0, 0.1) is 0 Å². The minimum absolute atomic E-state index is 0.0797. The van der Waals surface area contributed by atoms with Crippen LogP contribution in [0.15, 0.2) is 41.1 Å². The number of halogens is 1. The van der Waals surface area contributed by atoms with Crippen LogP contribution in [0.25, 0.3) is 0 Å². The van der Waals surface area contributed by atoms with Crippen LogP contribution >= 0.6 is 15.9 Å². The molecule has 0 fully saturated rings. The Bertz CT molecular complexity index is 543. The first kappa shape index (κ1) is 15.3. The molecule has 1 aromatic carbocycles. The maximum atomic E-state index is 4.44. The van der Waals surface area contributed by atoms with Crippen LogP contribution in [0.1, 0.15) is 38.6 Å². The Morgan fingerprint density at radius 1 is 1.25 bits per heavy atom. The van der Waals surface area contributed by atoms with E-state index in [1.807, 2.05) is 12.4 Å². The highest BCUT2D eigenvalue weighted by molar-refractivity contribution is 9.10. The number of hydrogen-bond donors (Lipinski definition) is 1. The van der Waals surface area contributed by atoms with Crippen molar-refractivity contribution in [1.29, 1.82) is 0 Å². The lowest BCUT2D eigenvalue weighted by atomic mass is 9.94. The van der Waals surface area contributed by atoms with Crippen LogP contribution in [-0.2, 0) is 18.6 Å². The van der Waals surface area contributed by atoms with Gasteiger partial charge in [0.1, 0.15) is 5.82 Å². The fraction of sp³-hybridized carbons (Fsp3) is 0.438. The van der Waals surface area contributed by atoms with E-state index in [0.717, 1.165) is 29.8 Å². The van der Waals surface area contributed by atoms with Gasteiger partial charge < -0.3 is 9.88 Å². The third-order valence-electron chi connectivity index (χ3n) is 3.52. The van der Waals surface area contributed by atoms with E-state index in [2.05, 4.69) is 75.8 Å². The third-order valence-corrected chi connectivity index (χ3v) is 4.05. The lowest BCUT2D eigenvalue weighted by Gasteiger charge is -2.27. The summed E-state index contributed by atoms with van der Waals surface area (Å²) in [4.78, 5) is 4.44. The van der Waals surface area contributed by atoms with E-state index in [1.54, 1.807) is 0 Å². The van der Waals surface area contributed by atoms with Gasteiger partial charge in [0.25, 0.3) is 0 Å². The summed E-state index contributed by atoms with van der Waals surface area (Å²) in [5.74, 6) is 1.09. The third kappa shape index (κ3) is 3.70. The Labute approximate surface area is 129 Å². The number of hydrogen-bond acceptors (Lipinski definition) is 2. The van der Waals surface area contributed by atoms with Crippen molar-refractivity contribution in [2.75, 3.05) is 0 Å². The van der Waals surface area contributed by atoms with Crippen molar-refractivity contribution < 1.29 is 0 Å². The van der Waals surface area contributed by atoms with Gasteiger partial charge in [-0.2, -0.15) is 0 Å². The number of aryl methyl sites for hydroxylation is 1. The fourth-order valence-electron chi connectivity index (χ4n) is 2.22. The molecule has 0 spiro atoms. The van der Waals surface area contributed by atoms with E-state index >= 15 is 0 Å². The van der Waals surface area contributed by atoms with Gasteiger partial charge in [0.15, 0.2) is 0 Å². The summed E-state index contributed by atoms with van der Waals surface area (Å²) in [5.41, 5.74) is 1.19. The van der Waals surface area contributed by atoms with Gasteiger partial charge in [-0.1, -0.05) is 35.0 Å². The Kier molecular flexibility index (Phi) is 5.00. The Morgan fingerprint density at radius 3 is 2.60 bits per heavy atom. The number of aromatic nitrogens is 2. The summed E-state index contributed by atoms with van der Waals surface area (Å²) < 4.78 is 3.32. The lowest BCUT2D eigenvalue weighted by molar-refractivity contribution is 0.389. The maximum Gasteiger partial charge on any atom is 0.122 e. The maximum absolute atomic E-state index is 4.44. The summed E-state index contributed by atoms with van der Waals surface area (Å²) in [6, 6.07) is 8.46. The van der Waals surface area contributed by atoms with E-state index in [9.17, 15) is 0 Å². The molecule has 0 bridgehead atoms. The summed E-state index contributed by atoms with van der Waals surface area (Å²) in [6.07, 6.45) is 5.05. The Hall–Kier alpha value is -1.13. The normalized spacial score (nSPS) is 11.8. The fourth-order valence-corrected chi connectivity index (χ4v) is 2.48. The average Bonchev–Trinajstić information content (AvgIpc) is 2.85. The van der Waals surface area contributed by atoms with E-state index in [4.69, 9.17) is 0 Å². The van der Waals surface area contributed by atoms with Crippen LogP contribution in [0.2, 0.25) is 0 Å². The minimum atomic E-state index is -0.0797. The summed E-state index contributed by atoms with van der Waals surface area (Å²) >= 11 is 3.48. The van der Waals surface area contributed by atoms with Crippen LogP contribution in [-0.4, -0.2) is 9.55 Å². The number of nitrogens with one attached hydrogen (secondary N) is 1. The molecule has 1 heterocycles. The molecule has 2 aromatic rings. The van der Waals surface area contributed by atoms with E-state index in [1.165, 1.54) is 5.56 Å². The lowest BCUT2D eigenvalue weighted by Crippen LogP contribution is -2.36. The molecule has 0 saturated carbocycles. The van der Waals surface area contributed by atoms with Gasteiger partial charge in [0.05, 0.1) is 6.54 Å². The Balaban J connectivity index is 2.05. The van der Waals surface area contributed by atoms with Crippen LogP contribution in [0.4, 0.5) is 0 Å². The van der Waals surface area contributed by atoms with Gasteiger partial charge in [-0.25, -0.2) is 4.98 Å². The highest BCUT2D eigenvalue weighted by Gasteiger charge is 2.20. The van der Waals surface area contributed by atoms with Crippen LogP contribution in [0.3, 0.4) is 0 Å². The SMILES string of the molecule is CCCn1ccnc1CNC(C)(C)c1ccc(Br)cc1. The van der Waals surface area contributed by atoms with Crippen molar-refractivity contribution in [2.45, 2.75) is 45.8 Å². The second-order valence-electron chi connectivity index (χ2n) is 5.52. The molecule has 0 aliphatic carbocycles. The smallest absolute Gasteiger partial charge is 0.122 e. The van der Waals surface area contributed by atoms with Gasteiger partial charge >= 0.3 is 0 Å². The standard InChI is InChI=1S/C16H22BrN3/c1-4-10-20-11-9-18-15(20)12-19-16(2,3)13-5-7-14(17)8-6-13/h5-9,11,19H,4,10,12H2,1-3H3. The molecule has 20 heavy (non-hydrogen) atoms. The zero-order chi connectivity index (χ0) is 14.6. The van der Waals surface area contributed by atoms with Crippen LogP contribution < -0.4 is 5.32 Å². The monoisotopic (exact) mass is 335 g/mol. The second kappa shape index (κ2) is 6.55. The Morgan fingerprint density at radius 2 is 1.95 bits per heavy atom. The largest absolute Gasteiger partial charge is 0.334 e. The molecule has 1 N–H and O–H groups in total. The molecule has 4 heteroatoms. The zero-order valence-electron chi connectivity index (χ0n) is 12.4. The average molecular weight is 336 g/mol. The predicted molar refractivity (Wildman–Crippen MR) is 86.5 cm³/mol. The molecule has 2 rings (SSSR count). The molecule has 0 aliphatic heterocycles. The molecular formula is C16H22BrN3. The molecule has 0 saturated heterocycles. The van der Waals surface area contributed by atoms with E-state index in [-0.39, 0.29) is 5.54 Å². The first-order chi connectivity index (χ1) is 9.53. The minimum Gasteiger partial charge on any atom is -0.334 e. The quantitative estimate of drug-likeness (QED) is 0.861. The number of nitrogens with zero attached hydrogens (tertiary/aromatic N) is 2. The van der Waals surface area contributed by atoms with Crippen molar-refractivity contribution in [3.63, 3.8) is 0 Å². The van der Waals surface area contributed by atoms with Gasteiger partial charge in [0.2, 0.25) is 0 Å². The summed E-state index contributed by atoms with van der Waals surface area (Å²) in [7, 11) is 0. The van der Waals surface area contributed by atoms with Crippen molar-refractivity contribution in [2.24, 2.45) is 0 Å². The molecule has 0 radical (unpaired) electrons. The van der Waals surface area contributed by atoms with Gasteiger partial charge in [-0.05, 0) is 38.0 Å². The topological polar surface area (TPSA) is 29.9 Å². The number of imidazole rings is 1. The molecule has 0 aliphatic rings. The summed E-state index contributed by atoms with van der Waals surface area (Å²) in [6.45, 7) is 8.38. The molecular weight excluding hydrogens is 314 g/mol. The van der Waals surface area contributed by atoms with Gasteiger partial charge in [-0.15, -0.1) is 0 Å². The molecule has 3 nitrogen and oxygen atoms in total. The number of benzene rings is 1. The predicted octanol–water partition coefficient (Wildman–Crippen LogP) is 4.08. The van der Waals surface area contributed by atoms with E-state index < -0.39 is 0 Å². The summed E-state index contributed by atoms with van der Waals surface area (Å²) in [5, 5.41) is 3.60. The van der Waals surface area contributed by atoms with Crippen molar-refractivity contribution in [3.05, 3.63) is 52.5 Å². The highest BCUT2D eigenvalue weighted by atomic mass is 79.9. The van der Waals surface area contributed by atoms with E-state index in [0.29, 0.717) is 0 Å². The first-order valence-corrected chi connectivity index (χ1v) is 7.83. The van der Waals surface area contributed by atoms with Crippen molar-refractivity contribution in [3.8, 4) is 0 Å². The van der Waals surface area contributed by atoms with Crippen LogP contribution in [0.5, 0.6) is 0 Å². The van der Waals surface area contributed by atoms with Gasteiger partial charge in [0, 0.05) is 29.0 Å². The first-order valence-electron chi connectivity index (χ1n) is 7.04. The molecule has 108 valence electrons. The second-order valence-corrected chi connectivity index (χ2v) is 6.44. The van der Waals surface area contributed by atoms with Gasteiger partial charge in [-0.3, -0.25) is 0 Å². The molecule has 0 amide bonds. The van der Waals surface area contributed by atoms with Crippen molar-refractivity contribution in [1.82, 2.24) is 14.9 Å². The number of rotatable bonds is 6.